The summed E-state index contributed by atoms with van der Waals surface area (Å²) in [4.78, 5) is 15.9. The Labute approximate surface area is 89.9 Å². The molecule has 0 aliphatic carbocycles. The topological polar surface area (TPSA) is 34.4 Å². The minimum Gasteiger partial charge on any atom is -0.297 e. The Bertz CT molecular complexity index is 490. The molecule has 0 bridgehead atoms. The number of pyridine rings is 1. The number of aryl methyl sites for hydroxylation is 1. The summed E-state index contributed by atoms with van der Waals surface area (Å²) in [6, 6.07) is 5.68. The average molecular weight is 253 g/mol. The Balaban J connectivity index is 2.74. The first kappa shape index (κ1) is 9.40. The Kier molecular flexibility index (Phi) is 2.37. The van der Waals surface area contributed by atoms with E-state index < -0.39 is 0 Å². The molecule has 0 aromatic carbocycles. The molecule has 3 nitrogen and oxygen atoms in total. The molecule has 4 heteroatoms. The minimum absolute atomic E-state index is 0.0567. The van der Waals surface area contributed by atoms with Crippen molar-refractivity contribution in [3.05, 3.63) is 35.8 Å². The Hall–Kier alpha value is -1.16. The fourth-order valence-corrected chi connectivity index (χ4v) is 1.78. The standard InChI is InChI=1S/C10H9BrN2O/c1-7-10(8(14)6-11)13-5-3-2-4-9(13)12-7/h2-5H,6H2,1H3. The highest BCUT2D eigenvalue weighted by Gasteiger charge is 2.14. The van der Waals surface area contributed by atoms with Gasteiger partial charge in [-0.3, -0.25) is 9.20 Å². The summed E-state index contributed by atoms with van der Waals surface area (Å²) in [7, 11) is 0. The third-order valence-electron chi connectivity index (χ3n) is 2.09. The molecule has 0 fully saturated rings. The van der Waals surface area contributed by atoms with Gasteiger partial charge < -0.3 is 0 Å². The van der Waals surface area contributed by atoms with E-state index in [2.05, 4.69) is 20.9 Å². The van der Waals surface area contributed by atoms with Gasteiger partial charge in [0.05, 0.1) is 11.0 Å². The van der Waals surface area contributed by atoms with Crippen molar-refractivity contribution in [3.63, 3.8) is 0 Å². The zero-order valence-corrected chi connectivity index (χ0v) is 9.28. The smallest absolute Gasteiger partial charge is 0.191 e. The van der Waals surface area contributed by atoms with Crippen molar-refractivity contribution in [1.29, 1.82) is 0 Å². The molecule has 2 rings (SSSR count). The number of carbonyl (C=O) groups excluding carboxylic acids is 1. The summed E-state index contributed by atoms with van der Waals surface area (Å²) in [6.07, 6.45) is 1.85. The van der Waals surface area contributed by atoms with Gasteiger partial charge in [0.2, 0.25) is 0 Å². The predicted octanol–water partition coefficient (Wildman–Crippen LogP) is 2.22. The van der Waals surface area contributed by atoms with Crippen LogP contribution in [-0.4, -0.2) is 20.5 Å². The Morgan fingerprint density at radius 2 is 2.36 bits per heavy atom. The number of alkyl halides is 1. The fourth-order valence-electron chi connectivity index (χ4n) is 1.51. The highest BCUT2D eigenvalue weighted by Crippen LogP contribution is 2.12. The van der Waals surface area contributed by atoms with Crippen LogP contribution in [0.3, 0.4) is 0 Å². The molecule has 0 N–H and O–H groups in total. The Morgan fingerprint density at radius 3 is 3.07 bits per heavy atom. The number of Topliss-reactive ketones (excluding diaryl/α,β-unsaturated/α-hetero) is 1. The number of rotatable bonds is 2. The van der Waals surface area contributed by atoms with Crippen LogP contribution in [0.1, 0.15) is 16.2 Å². The van der Waals surface area contributed by atoms with Gasteiger partial charge in [-0.1, -0.05) is 22.0 Å². The second-order valence-electron chi connectivity index (χ2n) is 3.03. The van der Waals surface area contributed by atoms with Gasteiger partial charge in [0, 0.05) is 6.20 Å². The van der Waals surface area contributed by atoms with Crippen molar-refractivity contribution in [2.24, 2.45) is 0 Å². The number of hydrogen-bond donors (Lipinski definition) is 0. The summed E-state index contributed by atoms with van der Waals surface area (Å²) >= 11 is 3.17. The molecule has 0 spiro atoms. The first-order chi connectivity index (χ1) is 6.74. The van der Waals surface area contributed by atoms with Crippen LogP contribution < -0.4 is 0 Å². The lowest BCUT2D eigenvalue weighted by molar-refractivity contribution is 0.101. The van der Waals surface area contributed by atoms with E-state index in [1.165, 1.54) is 0 Å². The first-order valence-corrected chi connectivity index (χ1v) is 5.39. The van der Waals surface area contributed by atoms with Crippen molar-refractivity contribution in [3.8, 4) is 0 Å². The third-order valence-corrected chi connectivity index (χ3v) is 2.60. The fraction of sp³-hybridized carbons (Fsp3) is 0.200. The second kappa shape index (κ2) is 3.53. The van der Waals surface area contributed by atoms with Crippen molar-refractivity contribution in [2.45, 2.75) is 6.92 Å². The molecule has 0 atom stereocenters. The molecule has 2 heterocycles. The van der Waals surface area contributed by atoms with E-state index in [0.29, 0.717) is 11.0 Å². The van der Waals surface area contributed by atoms with E-state index in [9.17, 15) is 4.79 Å². The number of nitrogens with zero attached hydrogens (tertiary/aromatic N) is 2. The summed E-state index contributed by atoms with van der Waals surface area (Å²) in [5.41, 5.74) is 2.26. The average Bonchev–Trinajstić information content (AvgIpc) is 2.53. The predicted molar refractivity (Wildman–Crippen MR) is 58.1 cm³/mol. The van der Waals surface area contributed by atoms with Crippen LogP contribution in [0.5, 0.6) is 0 Å². The van der Waals surface area contributed by atoms with Crippen molar-refractivity contribution in [1.82, 2.24) is 9.38 Å². The van der Waals surface area contributed by atoms with Crippen molar-refractivity contribution in [2.75, 3.05) is 5.33 Å². The van der Waals surface area contributed by atoms with Gasteiger partial charge in [-0.15, -0.1) is 0 Å². The van der Waals surface area contributed by atoms with Crippen LogP contribution in [0.4, 0.5) is 0 Å². The maximum atomic E-state index is 11.6. The highest BCUT2D eigenvalue weighted by atomic mass is 79.9. The largest absolute Gasteiger partial charge is 0.297 e. The van der Waals surface area contributed by atoms with E-state index in [1.54, 1.807) is 0 Å². The molecule has 0 aliphatic rings. The van der Waals surface area contributed by atoms with E-state index in [-0.39, 0.29) is 5.78 Å². The number of aromatic nitrogens is 2. The van der Waals surface area contributed by atoms with Crippen LogP contribution in [0, 0.1) is 6.92 Å². The number of hydrogen-bond acceptors (Lipinski definition) is 2. The Morgan fingerprint density at radius 1 is 1.57 bits per heavy atom. The first-order valence-electron chi connectivity index (χ1n) is 4.27. The summed E-state index contributed by atoms with van der Waals surface area (Å²) in [5, 5.41) is 0.330. The number of imidazole rings is 1. The highest BCUT2D eigenvalue weighted by molar-refractivity contribution is 9.09. The van der Waals surface area contributed by atoms with Gasteiger partial charge >= 0.3 is 0 Å². The van der Waals surface area contributed by atoms with Crippen LogP contribution in [0.15, 0.2) is 24.4 Å². The van der Waals surface area contributed by atoms with Crippen LogP contribution in [0.25, 0.3) is 5.65 Å². The molecule has 0 radical (unpaired) electrons. The quantitative estimate of drug-likeness (QED) is 0.607. The third kappa shape index (κ3) is 1.35. The molecule has 0 saturated carbocycles. The maximum absolute atomic E-state index is 11.6. The van der Waals surface area contributed by atoms with E-state index in [4.69, 9.17) is 0 Å². The molecule has 2 aromatic rings. The maximum Gasteiger partial charge on any atom is 0.191 e. The van der Waals surface area contributed by atoms with E-state index >= 15 is 0 Å². The zero-order chi connectivity index (χ0) is 10.1. The number of ketones is 1. The summed E-state index contributed by atoms with van der Waals surface area (Å²) in [6.45, 7) is 1.85. The lowest BCUT2D eigenvalue weighted by Gasteiger charge is -1.98. The summed E-state index contributed by atoms with van der Waals surface area (Å²) < 4.78 is 1.82. The second-order valence-corrected chi connectivity index (χ2v) is 3.59. The van der Waals surface area contributed by atoms with Gasteiger partial charge in [-0.05, 0) is 19.1 Å². The van der Waals surface area contributed by atoms with E-state index in [0.717, 1.165) is 11.3 Å². The van der Waals surface area contributed by atoms with Gasteiger partial charge in [0.25, 0.3) is 0 Å². The molecular formula is C10H9BrN2O. The molecule has 14 heavy (non-hydrogen) atoms. The van der Waals surface area contributed by atoms with Gasteiger partial charge in [0.1, 0.15) is 11.3 Å². The monoisotopic (exact) mass is 252 g/mol. The summed E-state index contributed by atoms with van der Waals surface area (Å²) in [5.74, 6) is 0.0567. The molecule has 2 aromatic heterocycles. The molecule has 0 aliphatic heterocycles. The molecule has 0 saturated heterocycles. The number of fused-ring (bicyclic) bond motifs is 1. The lowest BCUT2D eigenvalue weighted by Crippen LogP contribution is -2.05. The van der Waals surface area contributed by atoms with Crippen LogP contribution >= 0.6 is 15.9 Å². The number of carbonyl (C=O) groups is 1. The van der Waals surface area contributed by atoms with E-state index in [1.807, 2.05) is 35.7 Å². The minimum atomic E-state index is 0.0567. The van der Waals surface area contributed by atoms with Crippen molar-refractivity contribution < 1.29 is 4.79 Å². The van der Waals surface area contributed by atoms with Crippen molar-refractivity contribution >= 4 is 27.4 Å². The lowest BCUT2D eigenvalue weighted by atomic mass is 10.2. The molecule has 0 amide bonds. The van der Waals surface area contributed by atoms with Gasteiger partial charge in [-0.2, -0.15) is 0 Å². The normalized spacial score (nSPS) is 10.7. The van der Waals surface area contributed by atoms with Crippen LogP contribution in [-0.2, 0) is 0 Å². The SMILES string of the molecule is Cc1nc2ccccn2c1C(=O)CBr. The van der Waals surface area contributed by atoms with Gasteiger partial charge in [-0.25, -0.2) is 4.98 Å². The van der Waals surface area contributed by atoms with Crippen LogP contribution in [0.2, 0.25) is 0 Å². The molecule has 72 valence electrons. The number of halogens is 1. The van der Waals surface area contributed by atoms with Gasteiger partial charge in [0.15, 0.2) is 5.78 Å². The molecular weight excluding hydrogens is 244 g/mol. The molecule has 0 unspecified atom stereocenters. The zero-order valence-electron chi connectivity index (χ0n) is 7.70.